The molecule has 0 bridgehead atoms. The van der Waals surface area contributed by atoms with Gasteiger partial charge in [0.2, 0.25) is 0 Å². The predicted molar refractivity (Wildman–Crippen MR) is 28.2 cm³/mol. The third kappa shape index (κ3) is 2.85. The summed E-state index contributed by atoms with van der Waals surface area (Å²) < 4.78 is 0. The summed E-state index contributed by atoms with van der Waals surface area (Å²) in [6.45, 7) is 1.79. The summed E-state index contributed by atoms with van der Waals surface area (Å²) >= 11 is 5.30. The van der Waals surface area contributed by atoms with Crippen LogP contribution in [0.25, 0.3) is 0 Å². The fourth-order valence-electron chi connectivity index (χ4n) is 0.211. The monoisotopic (exact) mass is 124 g/mol. The fourth-order valence-corrected chi connectivity index (χ4v) is 0.211. The Kier molecular flexibility index (Phi) is 3.34. The van der Waals surface area contributed by atoms with Crippen molar-refractivity contribution in [1.82, 2.24) is 0 Å². The number of hydrogen-bond donors (Lipinski definition) is 2. The lowest BCUT2D eigenvalue weighted by molar-refractivity contribution is -0.0421. The molecule has 0 radical (unpaired) electrons. The summed E-state index contributed by atoms with van der Waals surface area (Å²) in [5.41, 5.74) is 0. The maximum absolute atomic E-state index is 8.24. The normalized spacial score (nSPS) is 15.0. The lowest BCUT2D eigenvalue weighted by Gasteiger charge is -2.05. The fraction of sp³-hybridized carbons (Fsp3) is 1.00. The van der Waals surface area contributed by atoms with E-state index in [2.05, 4.69) is 0 Å². The number of hydrogen-bond acceptors (Lipinski definition) is 2. The summed E-state index contributed by atoms with van der Waals surface area (Å²) in [4.78, 5) is 0. The molecular weight excluding hydrogens is 115 g/mol. The molecular formula is C4H9ClO2. The minimum atomic E-state index is -1.37. The van der Waals surface area contributed by atoms with Crippen LogP contribution in [0.2, 0.25) is 0 Å². The van der Waals surface area contributed by atoms with Crippen LogP contribution in [0.4, 0.5) is 0 Å². The van der Waals surface area contributed by atoms with Gasteiger partial charge in [-0.3, -0.25) is 0 Å². The van der Waals surface area contributed by atoms with Gasteiger partial charge in [0.05, 0.1) is 5.38 Å². The highest BCUT2D eigenvalue weighted by Crippen LogP contribution is 2.03. The molecule has 0 spiro atoms. The van der Waals surface area contributed by atoms with Gasteiger partial charge in [-0.2, -0.15) is 0 Å². The Morgan fingerprint density at radius 1 is 1.57 bits per heavy atom. The molecule has 0 aliphatic heterocycles. The minimum Gasteiger partial charge on any atom is -0.367 e. The average Bonchev–Trinajstić information content (AvgIpc) is 1.65. The van der Waals surface area contributed by atoms with Crippen molar-refractivity contribution in [3.63, 3.8) is 0 Å². The second-order valence-electron chi connectivity index (χ2n) is 1.34. The zero-order valence-corrected chi connectivity index (χ0v) is 4.89. The molecule has 0 saturated heterocycles. The number of halogens is 1. The smallest absolute Gasteiger partial charge is 0.168 e. The van der Waals surface area contributed by atoms with Crippen LogP contribution < -0.4 is 0 Å². The van der Waals surface area contributed by atoms with E-state index in [0.29, 0.717) is 6.42 Å². The first kappa shape index (κ1) is 7.21. The van der Waals surface area contributed by atoms with Gasteiger partial charge in [0.25, 0.3) is 0 Å². The SMILES string of the molecule is CC[C@@H](Cl)C(O)O. The first-order valence-corrected chi connectivity index (χ1v) is 2.62. The van der Waals surface area contributed by atoms with Gasteiger partial charge in [0, 0.05) is 0 Å². The van der Waals surface area contributed by atoms with Crippen molar-refractivity contribution in [2.75, 3.05) is 0 Å². The van der Waals surface area contributed by atoms with Crippen LogP contribution in [0, 0.1) is 0 Å². The highest BCUT2D eigenvalue weighted by atomic mass is 35.5. The first-order valence-electron chi connectivity index (χ1n) is 2.18. The van der Waals surface area contributed by atoms with Crippen LogP contribution in [-0.2, 0) is 0 Å². The van der Waals surface area contributed by atoms with Crippen LogP contribution in [0.15, 0.2) is 0 Å². The quantitative estimate of drug-likeness (QED) is 0.411. The molecule has 7 heavy (non-hydrogen) atoms. The van der Waals surface area contributed by atoms with Gasteiger partial charge in [-0.25, -0.2) is 0 Å². The van der Waals surface area contributed by atoms with E-state index in [-0.39, 0.29) is 0 Å². The van der Waals surface area contributed by atoms with Crippen molar-refractivity contribution >= 4 is 11.6 Å². The lowest BCUT2D eigenvalue weighted by atomic mass is 10.3. The number of aliphatic hydroxyl groups is 2. The maximum atomic E-state index is 8.24. The molecule has 0 unspecified atom stereocenters. The van der Waals surface area contributed by atoms with E-state index in [4.69, 9.17) is 21.8 Å². The van der Waals surface area contributed by atoms with Crippen LogP contribution in [0.5, 0.6) is 0 Å². The molecule has 0 amide bonds. The zero-order chi connectivity index (χ0) is 5.86. The Labute approximate surface area is 47.7 Å². The van der Waals surface area contributed by atoms with Crippen LogP contribution in [0.3, 0.4) is 0 Å². The average molecular weight is 125 g/mol. The van der Waals surface area contributed by atoms with Crippen LogP contribution >= 0.6 is 11.6 Å². The molecule has 0 aromatic heterocycles. The summed E-state index contributed by atoms with van der Waals surface area (Å²) in [5.74, 6) is 0. The van der Waals surface area contributed by atoms with Gasteiger partial charge in [0.1, 0.15) is 0 Å². The van der Waals surface area contributed by atoms with Crippen molar-refractivity contribution in [2.24, 2.45) is 0 Å². The van der Waals surface area contributed by atoms with Gasteiger partial charge in [-0.15, -0.1) is 11.6 Å². The number of rotatable bonds is 2. The van der Waals surface area contributed by atoms with Gasteiger partial charge >= 0.3 is 0 Å². The number of aliphatic hydroxyl groups excluding tert-OH is 1. The predicted octanol–water partition coefficient (Wildman–Crippen LogP) is 0.314. The van der Waals surface area contributed by atoms with Crippen molar-refractivity contribution in [3.05, 3.63) is 0 Å². The van der Waals surface area contributed by atoms with E-state index in [1.54, 1.807) is 6.92 Å². The Balaban J connectivity index is 3.14. The maximum Gasteiger partial charge on any atom is 0.168 e. The molecule has 0 aliphatic carbocycles. The second-order valence-corrected chi connectivity index (χ2v) is 1.90. The molecule has 1 atom stereocenters. The largest absolute Gasteiger partial charge is 0.367 e. The third-order valence-electron chi connectivity index (χ3n) is 0.714. The highest BCUT2D eigenvalue weighted by Gasteiger charge is 2.08. The van der Waals surface area contributed by atoms with E-state index < -0.39 is 11.7 Å². The summed E-state index contributed by atoms with van der Waals surface area (Å²) in [5, 5.41) is 16.0. The summed E-state index contributed by atoms with van der Waals surface area (Å²) in [6.07, 6.45) is -0.786. The zero-order valence-electron chi connectivity index (χ0n) is 4.13. The molecule has 0 fully saturated rings. The van der Waals surface area contributed by atoms with Gasteiger partial charge < -0.3 is 10.2 Å². The summed E-state index contributed by atoms with van der Waals surface area (Å²) in [6, 6.07) is 0. The van der Waals surface area contributed by atoms with Gasteiger partial charge in [-0.05, 0) is 6.42 Å². The van der Waals surface area contributed by atoms with Crippen LogP contribution in [-0.4, -0.2) is 21.9 Å². The Morgan fingerprint density at radius 2 is 2.00 bits per heavy atom. The van der Waals surface area contributed by atoms with Crippen molar-refractivity contribution in [3.8, 4) is 0 Å². The van der Waals surface area contributed by atoms with Crippen molar-refractivity contribution in [1.29, 1.82) is 0 Å². The molecule has 0 aliphatic rings. The van der Waals surface area contributed by atoms with E-state index in [0.717, 1.165) is 0 Å². The first-order chi connectivity index (χ1) is 3.18. The molecule has 2 N–H and O–H groups in total. The van der Waals surface area contributed by atoms with E-state index >= 15 is 0 Å². The Morgan fingerprint density at radius 3 is 2.00 bits per heavy atom. The van der Waals surface area contributed by atoms with E-state index in [1.807, 2.05) is 0 Å². The molecule has 3 heteroatoms. The van der Waals surface area contributed by atoms with Crippen LogP contribution in [0.1, 0.15) is 13.3 Å². The Hall–Kier alpha value is 0.210. The van der Waals surface area contributed by atoms with Crippen molar-refractivity contribution in [2.45, 2.75) is 25.0 Å². The molecule has 0 aromatic rings. The minimum absolute atomic E-state index is 0.514. The second kappa shape index (κ2) is 3.24. The van der Waals surface area contributed by atoms with E-state index in [1.165, 1.54) is 0 Å². The number of alkyl halides is 1. The molecule has 2 nitrogen and oxygen atoms in total. The molecule has 44 valence electrons. The van der Waals surface area contributed by atoms with Gasteiger partial charge in [-0.1, -0.05) is 6.92 Å². The standard InChI is InChI=1S/C4H9ClO2/c1-2-3(5)4(6)7/h3-4,6-7H,2H2,1H3/t3-/m1/s1. The summed E-state index contributed by atoms with van der Waals surface area (Å²) in [7, 11) is 0. The highest BCUT2D eigenvalue weighted by molar-refractivity contribution is 6.20. The lowest BCUT2D eigenvalue weighted by Crippen LogP contribution is -2.18. The topological polar surface area (TPSA) is 40.5 Å². The Bertz CT molecular complexity index is 47.0. The molecule has 0 aromatic carbocycles. The molecule has 0 rings (SSSR count). The van der Waals surface area contributed by atoms with E-state index in [9.17, 15) is 0 Å². The van der Waals surface area contributed by atoms with Crippen molar-refractivity contribution < 1.29 is 10.2 Å². The molecule has 0 heterocycles. The van der Waals surface area contributed by atoms with Gasteiger partial charge in [0.15, 0.2) is 6.29 Å². The molecule has 0 saturated carbocycles. The third-order valence-corrected chi connectivity index (χ3v) is 1.25.